The van der Waals surface area contributed by atoms with Crippen molar-refractivity contribution < 1.29 is 14.3 Å². The second kappa shape index (κ2) is 7.34. The van der Waals surface area contributed by atoms with Crippen molar-refractivity contribution in [2.45, 2.75) is 0 Å². The van der Waals surface area contributed by atoms with Crippen LogP contribution in [0, 0.1) is 11.3 Å². The van der Waals surface area contributed by atoms with Crippen LogP contribution in [0.2, 0.25) is 5.02 Å². The summed E-state index contributed by atoms with van der Waals surface area (Å²) in [5, 5.41) is 11.6. The zero-order valence-electron chi connectivity index (χ0n) is 11.8. The van der Waals surface area contributed by atoms with E-state index in [2.05, 4.69) is 5.32 Å². The largest absolute Gasteiger partial charge is 0.496 e. The van der Waals surface area contributed by atoms with Crippen LogP contribution < -0.4 is 14.8 Å². The first kappa shape index (κ1) is 15.7. The van der Waals surface area contributed by atoms with Crippen molar-refractivity contribution in [1.29, 1.82) is 5.26 Å². The van der Waals surface area contributed by atoms with Crippen molar-refractivity contribution in [3.05, 3.63) is 53.1 Å². The zero-order valence-corrected chi connectivity index (χ0v) is 12.6. The highest BCUT2D eigenvalue weighted by Crippen LogP contribution is 2.24. The molecule has 0 aliphatic carbocycles. The molecule has 0 atom stereocenters. The number of hydrogen-bond acceptors (Lipinski definition) is 4. The number of benzene rings is 2. The summed E-state index contributed by atoms with van der Waals surface area (Å²) in [6.07, 6.45) is 0. The second-order valence-electron chi connectivity index (χ2n) is 4.27. The smallest absolute Gasteiger partial charge is 0.259 e. The van der Waals surface area contributed by atoms with Crippen LogP contribution in [-0.4, -0.2) is 19.6 Å². The Morgan fingerprint density at radius 3 is 2.64 bits per heavy atom. The molecule has 0 spiro atoms. The van der Waals surface area contributed by atoms with Crippen LogP contribution >= 0.6 is 11.6 Å². The van der Waals surface area contributed by atoms with Gasteiger partial charge in [-0.1, -0.05) is 11.6 Å². The quantitative estimate of drug-likeness (QED) is 0.916. The maximum atomic E-state index is 12.3. The molecule has 2 aromatic carbocycles. The number of hydrogen-bond donors (Lipinski definition) is 1. The van der Waals surface area contributed by atoms with E-state index >= 15 is 0 Å². The van der Waals surface area contributed by atoms with Crippen molar-refractivity contribution in [2.24, 2.45) is 0 Å². The topological polar surface area (TPSA) is 71.3 Å². The number of anilines is 1. The van der Waals surface area contributed by atoms with Gasteiger partial charge < -0.3 is 14.8 Å². The first-order chi connectivity index (χ1) is 10.6. The monoisotopic (exact) mass is 316 g/mol. The van der Waals surface area contributed by atoms with E-state index < -0.39 is 0 Å². The number of methoxy groups -OCH3 is 1. The van der Waals surface area contributed by atoms with E-state index in [0.717, 1.165) is 0 Å². The summed E-state index contributed by atoms with van der Waals surface area (Å²) in [5.41, 5.74) is 0.941. The van der Waals surface area contributed by atoms with Crippen molar-refractivity contribution in [1.82, 2.24) is 0 Å². The molecule has 0 radical (unpaired) electrons. The fraction of sp³-hybridized carbons (Fsp3) is 0.125. The maximum Gasteiger partial charge on any atom is 0.259 e. The van der Waals surface area contributed by atoms with E-state index in [-0.39, 0.29) is 12.5 Å². The molecule has 0 aliphatic heterocycles. The van der Waals surface area contributed by atoms with Crippen LogP contribution in [0.5, 0.6) is 11.5 Å². The third kappa shape index (κ3) is 3.90. The first-order valence-electron chi connectivity index (χ1n) is 6.38. The minimum atomic E-state index is -0.329. The predicted octanol–water partition coefficient (Wildman–Crippen LogP) is 3.50. The van der Waals surface area contributed by atoms with Gasteiger partial charge in [0.2, 0.25) is 0 Å². The summed E-state index contributed by atoms with van der Waals surface area (Å²) < 4.78 is 10.3. The van der Waals surface area contributed by atoms with Gasteiger partial charge in [0.25, 0.3) is 5.91 Å². The van der Waals surface area contributed by atoms with Crippen molar-refractivity contribution >= 4 is 23.2 Å². The van der Waals surface area contributed by atoms with Gasteiger partial charge in [0, 0.05) is 10.7 Å². The van der Waals surface area contributed by atoms with Gasteiger partial charge in [0.05, 0.1) is 12.7 Å². The Kier molecular flexibility index (Phi) is 5.23. The fourth-order valence-corrected chi connectivity index (χ4v) is 1.98. The normalized spacial score (nSPS) is 9.68. The zero-order chi connectivity index (χ0) is 15.9. The Bertz CT molecular complexity index is 708. The second-order valence-corrected chi connectivity index (χ2v) is 4.71. The molecule has 0 aromatic heterocycles. The summed E-state index contributed by atoms with van der Waals surface area (Å²) in [6, 6.07) is 13.4. The van der Waals surface area contributed by atoms with E-state index in [1.165, 1.54) is 7.11 Å². The lowest BCUT2D eigenvalue weighted by Crippen LogP contribution is -2.13. The molecular weight excluding hydrogens is 304 g/mol. The molecule has 0 unspecified atom stereocenters. The van der Waals surface area contributed by atoms with E-state index in [1.807, 2.05) is 6.07 Å². The van der Waals surface area contributed by atoms with E-state index in [1.54, 1.807) is 42.5 Å². The Labute approximate surface area is 133 Å². The highest BCUT2D eigenvalue weighted by molar-refractivity contribution is 6.31. The molecule has 0 saturated heterocycles. The minimum absolute atomic E-state index is 0.0224. The number of halogens is 1. The summed E-state index contributed by atoms with van der Waals surface area (Å²) >= 11 is 5.91. The molecular formula is C16H13ClN2O3. The van der Waals surface area contributed by atoms with Gasteiger partial charge in [0.1, 0.15) is 17.6 Å². The Morgan fingerprint density at radius 2 is 2.00 bits per heavy atom. The van der Waals surface area contributed by atoms with Crippen LogP contribution in [0.1, 0.15) is 10.4 Å². The highest BCUT2D eigenvalue weighted by Gasteiger charge is 2.13. The number of nitrogens with one attached hydrogen (secondary N) is 1. The lowest BCUT2D eigenvalue weighted by atomic mass is 10.2. The van der Waals surface area contributed by atoms with Crippen molar-refractivity contribution in [3.63, 3.8) is 0 Å². The molecule has 0 aliphatic rings. The van der Waals surface area contributed by atoms with E-state index in [0.29, 0.717) is 27.8 Å². The first-order valence-corrected chi connectivity index (χ1v) is 6.76. The molecule has 0 bridgehead atoms. The number of nitriles is 1. The van der Waals surface area contributed by atoms with Crippen LogP contribution in [0.3, 0.4) is 0 Å². The van der Waals surface area contributed by atoms with Gasteiger partial charge >= 0.3 is 0 Å². The Morgan fingerprint density at radius 1 is 1.27 bits per heavy atom. The average molecular weight is 317 g/mol. The molecule has 2 rings (SSSR count). The molecule has 0 fully saturated rings. The highest BCUT2D eigenvalue weighted by atomic mass is 35.5. The minimum Gasteiger partial charge on any atom is -0.496 e. The lowest BCUT2D eigenvalue weighted by molar-refractivity contribution is 0.102. The summed E-state index contributed by atoms with van der Waals surface area (Å²) in [7, 11) is 1.49. The molecule has 1 N–H and O–H groups in total. The predicted molar refractivity (Wildman–Crippen MR) is 83.5 cm³/mol. The van der Waals surface area contributed by atoms with E-state index in [4.69, 9.17) is 26.3 Å². The summed E-state index contributed by atoms with van der Waals surface area (Å²) in [5.74, 6) is 0.667. The summed E-state index contributed by atoms with van der Waals surface area (Å²) in [6.45, 7) is -0.0224. The maximum absolute atomic E-state index is 12.3. The number of carbonyl (C=O) groups is 1. The fourth-order valence-electron chi connectivity index (χ4n) is 1.81. The summed E-state index contributed by atoms with van der Waals surface area (Å²) in [4.78, 5) is 12.3. The van der Waals surface area contributed by atoms with Gasteiger partial charge in [0.15, 0.2) is 6.61 Å². The third-order valence-corrected chi connectivity index (χ3v) is 3.06. The van der Waals surface area contributed by atoms with Gasteiger partial charge in [-0.25, -0.2) is 0 Å². The molecule has 5 nitrogen and oxygen atoms in total. The number of ether oxygens (including phenoxy) is 2. The number of nitrogens with zero attached hydrogens (tertiary/aromatic N) is 1. The average Bonchev–Trinajstić information content (AvgIpc) is 2.54. The van der Waals surface area contributed by atoms with Gasteiger partial charge in [-0.3, -0.25) is 4.79 Å². The molecule has 0 heterocycles. The Balaban J connectivity index is 2.12. The SMILES string of the molecule is COc1ccc(Cl)cc1C(=O)Nc1ccc(OCC#N)cc1. The number of amides is 1. The molecule has 1 amide bonds. The third-order valence-electron chi connectivity index (χ3n) is 2.82. The Hall–Kier alpha value is -2.71. The van der Waals surface area contributed by atoms with Crippen LogP contribution in [-0.2, 0) is 0 Å². The molecule has 2 aromatic rings. The molecule has 6 heteroatoms. The van der Waals surface area contributed by atoms with Gasteiger partial charge in [-0.2, -0.15) is 5.26 Å². The standard InChI is InChI=1S/C16H13ClN2O3/c1-21-15-7-2-11(17)10-14(15)16(20)19-12-3-5-13(6-4-12)22-9-8-18/h2-7,10H,9H2,1H3,(H,19,20). The van der Waals surface area contributed by atoms with Crippen molar-refractivity contribution in [3.8, 4) is 17.6 Å². The number of rotatable bonds is 5. The van der Waals surface area contributed by atoms with Gasteiger partial charge in [-0.05, 0) is 42.5 Å². The van der Waals surface area contributed by atoms with Crippen LogP contribution in [0.15, 0.2) is 42.5 Å². The number of carbonyl (C=O) groups excluding carboxylic acids is 1. The van der Waals surface area contributed by atoms with Crippen LogP contribution in [0.4, 0.5) is 5.69 Å². The van der Waals surface area contributed by atoms with E-state index in [9.17, 15) is 4.79 Å². The molecule has 0 saturated carbocycles. The lowest BCUT2D eigenvalue weighted by Gasteiger charge is -2.10. The van der Waals surface area contributed by atoms with Crippen molar-refractivity contribution in [2.75, 3.05) is 19.0 Å². The van der Waals surface area contributed by atoms with Crippen LogP contribution in [0.25, 0.3) is 0 Å². The molecule has 22 heavy (non-hydrogen) atoms. The molecule has 112 valence electrons. The van der Waals surface area contributed by atoms with Gasteiger partial charge in [-0.15, -0.1) is 0 Å².